The molecule has 1 N–H and O–H groups in total. The number of hydrogen-bond acceptors (Lipinski definition) is 3. The summed E-state index contributed by atoms with van der Waals surface area (Å²) in [5.74, 6) is 0. The second kappa shape index (κ2) is 6.58. The molecule has 1 atom stereocenters. The molecular weight excluding hydrogens is 316 g/mol. The van der Waals surface area contributed by atoms with Gasteiger partial charge >= 0.3 is 0 Å². The summed E-state index contributed by atoms with van der Waals surface area (Å²) in [6.07, 6.45) is 3.05. The maximum Gasteiger partial charge on any atom is 0.101 e. The number of anilines is 1. The molecule has 0 aliphatic rings. The first-order valence-corrected chi connectivity index (χ1v) is 7.41. The van der Waals surface area contributed by atoms with Crippen LogP contribution in [0.25, 0.3) is 0 Å². The fourth-order valence-corrected chi connectivity index (χ4v) is 2.21. The molecule has 1 heterocycles. The number of rotatable bonds is 5. The number of nitrogens with zero attached hydrogens (tertiary/aromatic N) is 3. The van der Waals surface area contributed by atoms with E-state index in [2.05, 4.69) is 46.3 Å². The third kappa shape index (κ3) is 3.40. The summed E-state index contributed by atoms with van der Waals surface area (Å²) in [5.41, 5.74) is 2.42. The Balaban J connectivity index is 2.06. The van der Waals surface area contributed by atoms with Gasteiger partial charge in [-0.15, -0.1) is 0 Å². The molecule has 0 spiro atoms. The Morgan fingerprint density at radius 2 is 2.25 bits per heavy atom. The molecule has 104 valence electrons. The van der Waals surface area contributed by atoms with Crippen molar-refractivity contribution in [2.24, 2.45) is 0 Å². The molecule has 0 saturated heterocycles. The van der Waals surface area contributed by atoms with Crippen LogP contribution in [0.4, 0.5) is 5.69 Å². The summed E-state index contributed by atoms with van der Waals surface area (Å²) in [6, 6.07) is 10.2. The van der Waals surface area contributed by atoms with Gasteiger partial charge in [0.1, 0.15) is 6.07 Å². The molecular formula is C15H17BrN4. The Kier molecular flexibility index (Phi) is 4.80. The van der Waals surface area contributed by atoms with Crippen molar-refractivity contribution < 1.29 is 0 Å². The van der Waals surface area contributed by atoms with Crippen molar-refractivity contribution in [1.29, 1.82) is 5.26 Å². The van der Waals surface area contributed by atoms with E-state index in [1.807, 2.05) is 29.1 Å². The van der Waals surface area contributed by atoms with E-state index in [0.717, 1.165) is 22.3 Å². The molecule has 2 rings (SSSR count). The van der Waals surface area contributed by atoms with E-state index in [1.165, 1.54) is 0 Å². The lowest BCUT2D eigenvalue weighted by atomic mass is 10.2. The van der Waals surface area contributed by atoms with E-state index in [-0.39, 0.29) is 0 Å². The molecule has 0 bridgehead atoms. The minimum Gasteiger partial charge on any atom is -0.378 e. The lowest BCUT2D eigenvalue weighted by Crippen LogP contribution is -2.07. The van der Waals surface area contributed by atoms with Gasteiger partial charge in [0.05, 0.1) is 23.5 Å². The topological polar surface area (TPSA) is 53.6 Å². The third-order valence-corrected chi connectivity index (χ3v) is 3.76. The monoisotopic (exact) mass is 332 g/mol. The predicted molar refractivity (Wildman–Crippen MR) is 83.4 cm³/mol. The van der Waals surface area contributed by atoms with Crippen LogP contribution in [0.2, 0.25) is 0 Å². The van der Waals surface area contributed by atoms with Crippen molar-refractivity contribution in [1.82, 2.24) is 9.78 Å². The van der Waals surface area contributed by atoms with Gasteiger partial charge in [-0.1, -0.05) is 22.9 Å². The van der Waals surface area contributed by atoms with Crippen molar-refractivity contribution in [3.8, 4) is 6.07 Å². The van der Waals surface area contributed by atoms with Gasteiger partial charge in [0, 0.05) is 16.7 Å². The number of benzene rings is 1. The quantitative estimate of drug-likeness (QED) is 0.896. The average Bonchev–Trinajstić information content (AvgIpc) is 2.93. The Labute approximate surface area is 127 Å². The molecule has 5 heteroatoms. The van der Waals surface area contributed by atoms with Gasteiger partial charge < -0.3 is 5.32 Å². The van der Waals surface area contributed by atoms with Crippen molar-refractivity contribution in [2.75, 3.05) is 5.32 Å². The first-order chi connectivity index (χ1) is 9.63. The lowest BCUT2D eigenvalue weighted by molar-refractivity contribution is 0.474. The molecule has 0 radical (unpaired) electrons. The molecule has 0 aliphatic carbocycles. The van der Waals surface area contributed by atoms with Gasteiger partial charge in [-0.3, -0.25) is 4.68 Å². The first kappa shape index (κ1) is 14.6. The van der Waals surface area contributed by atoms with Crippen molar-refractivity contribution >= 4 is 21.6 Å². The molecule has 4 nitrogen and oxygen atoms in total. The highest BCUT2D eigenvalue weighted by atomic mass is 79.9. The highest BCUT2D eigenvalue weighted by Crippen LogP contribution is 2.20. The van der Waals surface area contributed by atoms with Crippen LogP contribution in [0.5, 0.6) is 0 Å². The van der Waals surface area contributed by atoms with Crippen LogP contribution in [0.3, 0.4) is 0 Å². The second-order valence-electron chi connectivity index (χ2n) is 4.70. The molecule has 1 unspecified atom stereocenters. The summed E-state index contributed by atoms with van der Waals surface area (Å²) in [7, 11) is 0. The summed E-state index contributed by atoms with van der Waals surface area (Å²) in [5, 5.41) is 16.9. The van der Waals surface area contributed by atoms with Crippen molar-refractivity contribution in [3.05, 3.63) is 46.2 Å². The maximum absolute atomic E-state index is 9.12. The second-order valence-corrected chi connectivity index (χ2v) is 5.62. The van der Waals surface area contributed by atoms with E-state index in [4.69, 9.17) is 5.26 Å². The fourth-order valence-electron chi connectivity index (χ4n) is 1.85. The predicted octanol–water partition coefficient (Wildman–Crippen LogP) is 4.10. The number of nitrogens with one attached hydrogen (secondary N) is 1. The molecule has 0 fully saturated rings. The van der Waals surface area contributed by atoms with Crippen LogP contribution in [0, 0.1) is 11.3 Å². The molecule has 2 aromatic rings. The van der Waals surface area contributed by atoms with Crippen molar-refractivity contribution in [2.45, 2.75) is 32.9 Å². The number of hydrogen-bond donors (Lipinski definition) is 1. The van der Waals surface area contributed by atoms with Crippen LogP contribution in [-0.4, -0.2) is 9.78 Å². The van der Waals surface area contributed by atoms with Crippen LogP contribution >= 0.6 is 15.9 Å². The van der Waals surface area contributed by atoms with Gasteiger partial charge in [0.2, 0.25) is 0 Å². The minimum atomic E-state index is 0.408. The van der Waals surface area contributed by atoms with Gasteiger partial charge in [-0.2, -0.15) is 10.4 Å². The number of aromatic nitrogens is 2. The van der Waals surface area contributed by atoms with Crippen LogP contribution in [0.1, 0.15) is 37.6 Å². The van der Waals surface area contributed by atoms with Crippen molar-refractivity contribution in [3.63, 3.8) is 0 Å². The Bertz CT molecular complexity index is 627. The molecule has 0 amide bonds. The SMILES string of the molecule is CCC(C)n1ccc(CNc2ccc(Br)cc2C#N)n1. The molecule has 0 saturated carbocycles. The first-order valence-electron chi connectivity index (χ1n) is 6.61. The van der Waals surface area contributed by atoms with Gasteiger partial charge in [-0.05, 0) is 37.6 Å². The standard InChI is InChI=1S/C15H17BrN4/c1-3-11(2)20-7-6-14(19-20)10-18-15-5-4-13(16)8-12(15)9-17/h4-8,11,18H,3,10H2,1-2H3. The van der Waals surface area contributed by atoms with E-state index >= 15 is 0 Å². The zero-order valence-electron chi connectivity index (χ0n) is 11.6. The summed E-state index contributed by atoms with van der Waals surface area (Å²) >= 11 is 3.37. The normalized spacial score (nSPS) is 11.9. The number of nitriles is 1. The largest absolute Gasteiger partial charge is 0.378 e. The fraction of sp³-hybridized carbons (Fsp3) is 0.333. The zero-order chi connectivity index (χ0) is 14.5. The molecule has 1 aromatic heterocycles. The van der Waals surface area contributed by atoms with E-state index in [0.29, 0.717) is 18.2 Å². The van der Waals surface area contributed by atoms with E-state index in [1.54, 1.807) is 6.07 Å². The van der Waals surface area contributed by atoms with E-state index in [9.17, 15) is 0 Å². The smallest absolute Gasteiger partial charge is 0.101 e. The van der Waals surface area contributed by atoms with Gasteiger partial charge in [0.15, 0.2) is 0 Å². The lowest BCUT2D eigenvalue weighted by Gasteiger charge is -2.09. The molecule has 20 heavy (non-hydrogen) atoms. The highest BCUT2D eigenvalue weighted by molar-refractivity contribution is 9.10. The zero-order valence-corrected chi connectivity index (χ0v) is 13.2. The van der Waals surface area contributed by atoms with Gasteiger partial charge in [-0.25, -0.2) is 0 Å². The van der Waals surface area contributed by atoms with Gasteiger partial charge in [0.25, 0.3) is 0 Å². The Hall–Kier alpha value is -1.80. The number of halogens is 1. The Morgan fingerprint density at radius 3 is 2.95 bits per heavy atom. The highest BCUT2D eigenvalue weighted by Gasteiger charge is 2.06. The maximum atomic E-state index is 9.12. The van der Waals surface area contributed by atoms with Crippen LogP contribution in [0.15, 0.2) is 34.9 Å². The van der Waals surface area contributed by atoms with Crippen LogP contribution in [-0.2, 0) is 6.54 Å². The van der Waals surface area contributed by atoms with Crippen LogP contribution < -0.4 is 5.32 Å². The summed E-state index contributed by atoms with van der Waals surface area (Å²) < 4.78 is 2.88. The Morgan fingerprint density at radius 1 is 1.45 bits per heavy atom. The summed E-state index contributed by atoms with van der Waals surface area (Å²) in [6.45, 7) is 4.90. The van der Waals surface area contributed by atoms with E-state index < -0.39 is 0 Å². The summed E-state index contributed by atoms with van der Waals surface area (Å²) in [4.78, 5) is 0. The molecule has 1 aromatic carbocycles. The molecule has 0 aliphatic heterocycles. The average molecular weight is 333 g/mol. The minimum absolute atomic E-state index is 0.408. The third-order valence-electron chi connectivity index (χ3n) is 3.27.